The average molecular weight is 408 g/mol. The first-order valence-corrected chi connectivity index (χ1v) is 8.94. The van der Waals surface area contributed by atoms with E-state index in [1.807, 2.05) is 11.0 Å². The molecule has 3 rings (SSSR count). The molecule has 0 aliphatic carbocycles. The second kappa shape index (κ2) is 7.92. The van der Waals surface area contributed by atoms with Crippen molar-refractivity contribution in [1.82, 2.24) is 15.1 Å². The van der Waals surface area contributed by atoms with Gasteiger partial charge in [0, 0.05) is 32.7 Å². The number of benzene rings is 1. The fraction of sp³-hybridized carbons (Fsp3) is 0.294. The highest BCUT2D eigenvalue weighted by Crippen LogP contribution is 2.14. The smallest absolute Gasteiger partial charge is 0.293 e. The lowest BCUT2D eigenvalue weighted by Gasteiger charge is -2.35. The van der Waals surface area contributed by atoms with Crippen LogP contribution in [0.25, 0.3) is 0 Å². The average Bonchev–Trinajstić information content (AvgIpc) is 3.03. The van der Waals surface area contributed by atoms with Crippen molar-refractivity contribution in [2.45, 2.75) is 6.54 Å². The summed E-state index contributed by atoms with van der Waals surface area (Å²) in [6, 6.07) is 13.7. The Labute approximate surface area is 154 Å². The number of hydrogen-bond acceptors (Lipinski definition) is 4. The fourth-order valence-corrected chi connectivity index (χ4v) is 3.21. The van der Waals surface area contributed by atoms with Crippen LogP contribution < -0.4 is 5.32 Å². The summed E-state index contributed by atoms with van der Waals surface area (Å²) in [6.45, 7) is 4.37. The molecular formula is C17H18BrN3O2S. The van der Waals surface area contributed by atoms with Crippen LogP contribution in [0, 0.1) is 0 Å². The zero-order valence-corrected chi connectivity index (χ0v) is 15.5. The molecule has 1 saturated heterocycles. The van der Waals surface area contributed by atoms with Gasteiger partial charge in [0.05, 0.1) is 0 Å². The summed E-state index contributed by atoms with van der Waals surface area (Å²) >= 11 is 8.53. The summed E-state index contributed by atoms with van der Waals surface area (Å²) in [5, 5.41) is 3.18. The molecule has 7 heteroatoms. The normalized spacial score (nSPS) is 15.3. The molecule has 1 aliphatic heterocycles. The first-order valence-electron chi connectivity index (χ1n) is 7.74. The van der Waals surface area contributed by atoms with E-state index in [1.165, 1.54) is 5.56 Å². The van der Waals surface area contributed by atoms with Crippen LogP contribution in [0.3, 0.4) is 0 Å². The fourth-order valence-electron chi connectivity index (χ4n) is 2.62. The molecule has 1 N–H and O–H groups in total. The molecule has 5 nitrogen and oxygen atoms in total. The summed E-state index contributed by atoms with van der Waals surface area (Å²) in [6.07, 6.45) is 0. The van der Waals surface area contributed by atoms with Crippen LogP contribution in [0.2, 0.25) is 0 Å². The van der Waals surface area contributed by atoms with Crippen LogP contribution in [-0.2, 0) is 6.54 Å². The molecule has 0 unspecified atom stereocenters. The van der Waals surface area contributed by atoms with E-state index in [9.17, 15) is 4.79 Å². The third kappa shape index (κ3) is 4.43. The Morgan fingerprint density at radius 1 is 1.12 bits per heavy atom. The minimum Gasteiger partial charge on any atom is -0.444 e. The Morgan fingerprint density at radius 3 is 2.46 bits per heavy atom. The number of nitrogens with zero attached hydrogens (tertiary/aromatic N) is 2. The van der Waals surface area contributed by atoms with Crippen LogP contribution in [0.5, 0.6) is 0 Å². The van der Waals surface area contributed by atoms with Crippen LogP contribution >= 0.6 is 28.1 Å². The second-order valence-corrected chi connectivity index (χ2v) is 6.78. The number of piperazine rings is 1. The van der Waals surface area contributed by atoms with Gasteiger partial charge in [-0.15, -0.1) is 0 Å². The highest BCUT2D eigenvalue weighted by molar-refractivity contribution is 9.10. The number of halogens is 1. The summed E-state index contributed by atoms with van der Waals surface area (Å²) in [7, 11) is 0. The predicted molar refractivity (Wildman–Crippen MR) is 99.8 cm³/mol. The molecule has 0 saturated carbocycles. The van der Waals surface area contributed by atoms with Gasteiger partial charge in [0.1, 0.15) is 0 Å². The minimum atomic E-state index is -0.322. The zero-order valence-electron chi connectivity index (χ0n) is 13.1. The number of amides is 1. The third-order valence-electron chi connectivity index (χ3n) is 3.93. The molecule has 126 valence electrons. The zero-order chi connectivity index (χ0) is 16.9. The molecule has 24 heavy (non-hydrogen) atoms. The van der Waals surface area contributed by atoms with Crippen molar-refractivity contribution in [1.29, 1.82) is 0 Å². The lowest BCUT2D eigenvalue weighted by Crippen LogP contribution is -2.52. The van der Waals surface area contributed by atoms with E-state index in [0.29, 0.717) is 9.78 Å². The molecule has 2 aromatic rings. The standard InChI is InChI=1S/C17H18BrN3O2S/c18-15-7-6-14(23-15)16(22)19-17(24)21-10-8-20(9-11-21)12-13-4-2-1-3-5-13/h1-7H,8-12H2,(H,19,22,24). The van der Waals surface area contributed by atoms with Crippen molar-refractivity contribution in [2.24, 2.45) is 0 Å². The van der Waals surface area contributed by atoms with Crippen molar-refractivity contribution in [3.63, 3.8) is 0 Å². The largest absolute Gasteiger partial charge is 0.444 e. The molecule has 1 aromatic heterocycles. The molecule has 0 bridgehead atoms. The van der Waals surface area contributed by atoms with Gasteiger partial charge in [0.2, 0.25) is 0 Å². The van der Waals surface area contributed by atoms with E-state index in [-0.39, 0.29) is 11.7 Å². The first kappa shape index (κ1) is 17.1. The van der Waals surface area contributed by atoms with Crippen LogP contribution in [0.15, 0.2) is 51.6 Å². The van der Waals surface area contributed by atoms with E-state index in [1.54, 1.807) is 12.1 Å². The summed E-state index contributed by atoms with van der Waals surface area (Å²) < 4.78 is 5.76. The first-order chi connectivity index (χ1) is 11.6. The molecule has 0 radical (unpaired) electrons. The number of thiocarbonyl (C=S) groups is 1. The highest BCUT2D eigenvalue weighted by atomic mass is 79.9. The molecule has 0 spiro atoms. The molecule has 1 fully saturated rings. The number of nitrogens with one attached hydrogen (secondary N) is 1. The van der Waals surface area contributed by atoms with Gasteiger partial charge in [-0.1, -0.05) is 30.3 Å². The Kier molecular flexibility index (Phi) is 5.65. The second-order valence-electron chi connectivity index (χ2n) is 5.61. The van der Waals surface area contributed by atoms with Gasteiger partial charge in [-0.05, 0) is 45.8 Å². The van der Waals surface area contributed by atoms with E-state index >= 15 is 0 Å². The maximum absolute atomic E-state index is 12.1. The topological polar surface area (TPSA) is 48.7 Å². The van der Waals surface area contributed by atoms with Crippen molar-refractivity contribution < 1.29 is 9.21 Å². The SMILES string of the molecule is O=C(NC(=S)N1CCN(Cc2ccccc2)CC1)c1ccc(Br)o1. The number of carbonyl (C=O) groups is 1. The monoisotopic (exact) mass is 407 g/mol. The van der Waals surface area contributed by atoms with Crippen LogP contribution in [-0.4, -0.2) is 47.0 Å². The third-order valence-corrected chi connectivity index (χ3v) is 4.71. The van der Waals surface area contributed by atoms with Crippen molar-refractivity contribution in [2.75, 3.05) is 26.2 Å². The van der Waals surface area contributed by atoms with Crippen molar-refractivity contribution in [3.05, 3.63) is 58.5 Å². The van der Waals surface area contributed by atoms with E-state index in [4.69, 9.17) is 16.6 Å². The van der Waals surface area contributed by atoms with Gasteiger partial charge in [0.25, 0.3) is 5.91 Å². The van der Waals surface area contributed by atoms with Gasteiger partial charge in [0.15, 0.2) is 15.5 Å². The maximum atomic E-state index is 12.1. The lowest BCUT2D eigenvalue weighted by molar-refractivity contribution is 0.0941. The molecule has 1 aliphatic rings. The number of rotatable bonds is 3. The highest BCUT2D eigenvalue weighted by Gasteiger charge is 2.21. The van der Waals surface area contributed by atoms with Gasteiger partial charge in [-0.2, -0.15) is 0 Å². The summed E-state index contributed by atoms with van der Waals surface area (Å²) in [5.74, 6) is -0.0793. The van der Waals surface area contributed by atoms with Crippen LogP contribution in [0.4, 0.5) is 0 Å². The maximum Gasteiger partial charge on any atom is 0.293 e. The molecule has 0 atom stereocenters. The van der Waals surface area contributed by atoms with Gasteiger partial charge in [-0.3, -0.25) is 15.0 Å². The van der Waals surface area contributed by atoms with Gasteiger partial charge >= 0.3 is 0 Å². The lowest BCUT2D eigenvalue weighted by atomic mass is 10.2. The van der Waals surface area contributed by atoms with Gasteiger partial charge in [-0.25, -0.2) is 0 Å². The summed E-state index contributed by atoms with van der Waals surface area (Å²) in [4.78, 5) is 16.5. The van der Waals surface area contributed by atoms with Crippen molar-refractivity contribution >= 4 is 39.2 Å². The summed E-state index contributed by atoms with van der Waals surface area (Å²) in [5.41, 5.74) is 1.31. The number of carbonyl (C=O) groups excluding carboxylic acids is 1. The van der Waals surface area contributed by atoms with E-state index in [0.717, 1.165) is 32.7 Å². The molecule has 1 amide bonds. The van der Waals surface area contributed by atoms with Crippen molar-refractivity contribution in [3.8, 4) is 0 Å². The van der Waals surface area contributed by atoms with E-state index < -0.39 is 0 Å². The molecular weight excluding hydrogens is 390 g/mol. The van der Waals surface area contributed by atoms with Crippen LogP contribution in [0.1, 0.15) is 16.1 Å². The number of hydrogen-bond donors (Lipinski definition) is 1. The Hall–Kier alpha value is -1.70. The Bertz CT molecular complexity index is 712. The van der Waals surface area contributed by atoms with E-state index in [2.05, 4.69) is 50.4 Å². The quantitative estimate of drug-likeness (QED) is 0.792. The minimum absolute atomic E-state index is 0.243. The van der Waals surface area contributed by atoms with Gasteiger partial charge < -0.3 is 9.32 Å². The molecule has 2 heterocycles. The molecule has 1 aromatic carbocycles. The number of furan rings is 1. The predicted octanol–water partition coefficient (Wildman–Crippen LogP) is 2.87. The Morgan fingerprint density at radius 2 is 1.83 bits per heavy atom. The Balaban J connectivity index is 1.47.